The summed E-state index contributed by atoms with van der Waals surface area (Å²) >= 11 is 0. The Morgan fingerprint density at radius 3 is 2.73 bits per heavy atom. The summed E-state index contributed by atoms with van der Waals surface area (Å²) in [6.45, 7) is 2.44. The third-order valence-corrected chi connectivity index (χ3v) is 3.16. The van der Waals surface area contributed by atoms with E-state index in [2.05, 4.69) is 6.92 Å². The van der Waals surface area contributed by atoms with Crippen molar-refractivity contribution in [2.24, 2.45) is 0 Å². The number of ether oxygens (including phenoxy) is 2. The summed E-state index contributed by atoms with van der Waals surface area (Å²) in [4.78, 5) is 11.9. The second-order valence-electron chi connectivity index (χ2n) is 4.85. The number of unbranched alkanes of at least 4 members (excludes halogenated alkanes) is 2. The van der Waals surface area contributed by atoms with Crippen molar-refractivity contribution in [3.63, 3.8) is 0 Å². The Balaban J connectivity index is 2.30. The minimum atomic E-state index is -0.703. The molecule has 1 heterocycles. The van der Waals surface area contributed by atoms with E-state index >= 15 is 0 Å². The fourth-order valence-electron chi connectivity index (χ4n) is 2.06. The van der Waals surface area contributed by atoms with E-state index in [0.717, 1.165) is 19.3 Å². The second-order valence-corrected chi connectivity index (χ2v) is 4.85. The largest absolute Gasteiger partial charge is 0.504 e. The number of rotatable bonds is 8. The number of aliphatic hydroxyl groups excluding tert-OH is 1. The molecular formula is C16H20O6. The van der Waals surface area contributed by atoms with Crippen LogP contribution in [0.5, 0.6) is 17.2 Å². The van der Waals surface area contributed by atoms with Crippen LogP contribution >= 0.6 is 0 Å². The molecule has 2 N–H and O–H groups in total. The van der Waals surface area contributed by atoms with Crippen molar-refractivity contribution in [2.45, 2.75) is 26.2 Å². The molecule has 0 fully saturated rings. The van der Waals surface area contributed by atoms with Crippen LogP contribution in [0.4, 0.5) is 0 Å². The van der Waals surface area contributed by atoms with Gasteiger partial charge in [-0.2, -0.15) is 0 Å². The lowest BCUT2D eigenvalue weighted by atomic mass is 10.2. The van der Waals surface area contributed by atoms with Gasteiger partial charge >= 0.3 is 5.63 Å². The standard InChI is InChI=1S/C16H20O6/c1-2-3-4-8-21-15-14(18)12-10-11(20-9-7-17)5-6-13(12)22-16(15)19/h5-6,10,17-18H,2-4,7-9H2,1H3. The highest BCUT2D eigenvalue weighted by molar-refractivity contribution is 5.86. The fourth-order valence-corrected chi connectivity index (χ4v) is 2.06. The molecule has 6 heteroatoms. The molecule has 6 nitrogen and oxygen atoms in total. The number of aliphatic hydroxyl groups is 1. The molecule has 0 aliphatic rings. The fraction of sp³-hybridized carbons (Fsp3) is 0.438. The lowest BCUT2D eigenvalue weighted by molar-refractivity contribution is 0.201. The normalized spacial score (nSPS) is 10.8. The first kappa shape index (κ1) is 16.2. The van der Waals surface area contributed by atoms with Crippen LogP contribution < -0.4 is 15.1 Å². The highest BCUT2D eigenvalue weighted by Crippen LogP contribution is 2.33. The molecule has 0 bridgehead atoms. The molecule has 0 spiro atoms. The maximum atomic E-state index is 11.9. The van der Waals surface area contributed by atoms with Gasteiger partial charge in [-0.1, -0.05) is 19.8 Å². The molecule has 2 aromatic rings. The minimum absolute atomic E-state index is 0.111. The molecule has 0 amide bonds. The summed E-state index contributed by atoms with van der Waals surface area (Å²) < 4.78 is 15.8. The van der Waals surface area contributed by atoms with E-state index in [1.54, 1.807) is 12.1 Å². The highest BCUT2D eigenvalue weighted by Gasteiger charge is 2.16. The van der Waals surface area contributed by atoms with E-state index in [1.165, 1.54) is 6.07 Å². The first-order valence-electron chi connectivity index (χ1n) is 7.33. The van der Waals surface area contributed by atoms with Crippen LogP contribution in [0.25, 0.3) is 11.0 Å². The molecule has 0 atom stereocenters. The quantitative estimate of drug-likeness (QED) is 0.575. The molecule has 0 aliphatic heterocycles. The number of fused-ring (bicyclic) bond motifs is 1. The Hall–Kier alpha value is -2.21. The van der Waals surface area contributed by atoms with E-state index < -0.39 is 5.63 Å². The van der Waals surface area contributed by atoms with E-state index in [9.17, 15) is 9.90 Å². The summed E-state index contributed by atoms with van der Waals surface area (Å²) in [5, 5.41) is 19.3. The Morgan fingerprint density at radius 1 is 1.18 bits per heavy atom. The van der Waals surface area contributed by atoms with Crippen molar-refractivity contribution in [3.05, 3.63) is 28.6 Å². The van der Waals surface area contributed by atoms with Crippen LogP contribution in [-0.4, -0.2) is 30.0 Å². The van der Waals surface area contributed by atoms with Crippen LogP contribution in [0.15, 0.2) is 27.4 Å². The molecule has 1 aromatic heterocycles. The second kappa shape index (κ2) is 7.70. The molecule has 2 rings (SSSR count). The van der Waals surface area contributed by atoms with Gasteiger partial charge in [0.15, 0.2) is 5.75 Å². The van der Waals surface area contributed by atoms with Gasteiger partial charge in [0.25, 0.3) is 0 Å². The maximum Gasteiger partial charge on any atom is 0.383 e. The van der Waals surface area contributed by atoms with Gasteiger partial charge in [0, 0.05) is 0 Å². The number of hydrogen-bond acceptors (Lipinski definition) is 6. The molecule has 0 saturated heterocycles. The smallest absolute Gasteiger partial charge is 0.383 e. The molecule has 120 valence electrons. The molecule has 22 heavy (non-hydrogen) atoms. The van der Waals surface area contributed by atoms with E-state index in [4.69, 9.17) is 19.0 Å². The zero-order valence-corrected chi connectivity index (χ0v) is 12.5. The van der Waals surface area contributed by atoms with E-state index in [1.807, 2.05) is 0 Å². The number of hydrogen-bond donors (Lipinski definition) is 2. The Kier molecular flexibility index (Phi) is 5.66. The topological polar surface area (TPSA) is 89.1 Å². The summed E-state index contributed by atoms with van der Waals surface area (Å²) in [7, 11) is 0. The third kappa shape index (κ3) is 3.71. The molecule has 0 aliphatic carbocycles. The monoisotopic (exact) mass is 308 g/mol. The number of aromatic hydroxyl groups is 1. The van der Waals surface area contributed by atoms with Gasteiger partial charge in [0.2, 0.25) is 5.75 Å². The lowest BCUT2D eigenvalue weighted by Crippen LogP contribution is -2.08. The van der Waals surface area contributed by atoms with Gasteiger partial charge < -0.3 is 24.1 Å². The van der Waals surface area contributed by atoms with Crippen LogP contribution in [0, 0.1) is 0 Å². The molecular weight excluding hydrogens is 288 g/mol. The van der Waals surface area contributed by atoms with E-state index in [0.29, 0.717) is 17.7 Å². The van der Waals surface area contributed by atoms with Gasteiger partial charge in [0.1, 0.15) is 17.9 Å². The number of benzene rings is 1. The van der Waals surface area contributed by atoms with Crippen molar-refractivity contribution in [1.82, 2.24) is 0 Å². The molecule has 1 aromatic carbocycles. The van der Waals surface area contributed by atoms with Gasteiger partial charge in [-0.25, -0.2) is 4.79 Å². The summed E-state index contributed by atoms with van der Waals surface area (Å²) in [5.74, 6) is 0.0303. The summed E-state index contributed by atoms with van der Waals surface area (Å²) in [6, 6.07) is 4.67. The SMILES string of the molecule is CCCCCOc1c(O)c2cc(OCCO)ccc2oc1=O. The zero-order chi connectivity index (χ0) is 15.9. The maximum absolute atomic E-state index is 11.9. The average Bonchev–Trinajstić information content (AvgIpc) is 2.52. The Morgan fingerprint density at radius 2 is 2.00 bits per heavy atom. The van der Waals surface area contributed by atoms with Crippen molar-refractivity contribution in [1.29, 1.82) is 0 Å². The molecule has 0 unspecified atom stereocenters. The van der Waals surface area contributed by atoms with Crippen molar-refractivity contribution >= 4 is 11.0 Å². The Labute approximate surface area is 127 Å². The van der Waals surface area contributed by atoms with Crippen molar-refractivity contribution < 1.29 is 24.1 Å². The van der Waals surface area contributed by atoms with Crippen LogP contribution in [0.2, 0.25) is 0 Å². The van der Waals surface area contributed by atoms with E-state index in [-0.39, 0.29) is 30.3 Å². The molecule has 0 radical (unpaired) electrons. The predicted molar refractivity (Wildman–Crippen MR) is 81.7 cm³/mol. The Bertz CT molecular complexity index is 676. The van der Waals surface area contributed by atoms with Crippen molar-refractivity contribution in [2.75, 3.05) is 19.8 Å². The van der Waals surface area contributed by atoms with Crippen molar-refractivity contribution in [3.8, 4) is 17.2 Å². The van der Waals surface area contributed by atoms with Gasteiger partial charge in [0.05, 0.1) is 18.6 Å². The van der Waals surface area contributed by atoms with Gasteiger partial charge in [-0.15, -0.1) is 0 Å². The predicted octanol–water partition coefficient (Wildman–Crippen LogP) is 2.44. The van der Waals surface area contributed by atoms with Gasteiger partial charge in [-0.3, -0.25) is 0 Å². The first-order chi connectivity index (χ1) is 10.7. The molecule has 0 saturated carbocycles. The van der Waals surface area contributed by atoms with Crippen LogP contribution in [-0.2, 0) is 0 Å². The zero-order valence-electron chi connectivity index (χ0n) is 12.5. The first-order valence-corrected chi connectivity index (χ1v) is 7.33. The third-order valence-electron chi connectivity index (χ3n) is 3.16. The van der Waals surface area contributed by atoms with Gasteiger partial charge in [-0.05, 0) is 24.6 Å². The lowest BCUT2D eigenvalue weighted by Gasteiger charge is -2.09. The van der Waals surface area contributed by atoms with Crippen LogP contribution in [0.3, 0.4) is 0 Å². The average molecular weight is 308 g/mol. The van der Waals surface area contributed by atoms with Crippen LogP contribution in [0.1, 0.15) is 26.2 Å². The summed E-state index contributed by atoms with van der Waals surface area (Å²) in [5.41, 5.74) is -0.453. The summed E-state index contributed by atoms with van der Waals surface area (Å²) in [6.07, 6.45) is 2.82. The minimum Gasteiger partial charge on any atom is -0.504 e. The highest BCUT2D eigenvalue weighted by atomic mass is 16.5.